The highest BCUT2D eigenvalue weighted by Crippen LogP contribution is 2.30. The van der Waals surface area contributed by atoms with Crippen molar-refractivity contribution >= 4 is 16.0 Å². The normalized spacial score (nSPS) is 15.8. The van der Waals surface area contributed by atoms with Gasteiger partial charge in [0.1, 0.15) is 6.54 Å². The summed E-state index contributed by atoms with van der Waals surface area (Å²) in [6.07, 6.45) is 2.80. The fourth-order valence-corrected chi connectivity index (χ4v) is 5.30. The summed E-state index contributed by atoms with van der Waals surface area (Å²) in [5, 5.41) is 4.31. The van der Waals surface area contributed by atoms with Gasteiger partial charge in [-0.05, 0) is 49.4 Å². The van der Waals surface area contributed by atoms with Gasteiger partial charge >= 0.3 is 5.97 Å². The van der Waals surface area contributed by atoms with Crippen molar-refractivity contribution < 1.29 is 17.9 Å². The molecule has 3 rings (SSSR count). The lowest BCUT2D eigenvalue weighted by atomic mass is 10.0. The second-order valence-corrected chi connectivity index (χ2v) is 9.90. The van der Waals surface area contributed by atoms with E-state index in [1.807, 2.05) is 25.1 Å². The van der Waals surface area contributed by atoms with Gasteiger partial charge in [-0.2, -0.15) is 5.10 Å². The first-order chi connectivity index (χ1) is 14.7. The van der Waals surface area contributed by atoms with E-state index in [1.54, 1.807) is 20.0 Å². The van der Waals surface area contributed by atoms with Gasteiger partial charge in [-0.3, -0.25) is 9.59 Å². The topological polar surface area (TPSA) is 98.6 Å². The fourth-order valence-electron chi connectivity index (χ4n) is 3.75. The summed E-state index contributed by atoms with van der Waals surface area (Å²) in [6.45, 7) is 3.68. The number of benzene rings is 1. The number of esters is 1. The molecule has 1 aliphatic rings. The van der Waals surface area contributed by atoms with E-state index in [0.717, 1.165) is 27.8 Å². The Hall–Kier alpha value is -2.52. The molecule has 1 heterocycles. The fraction of sp³-hybridized carbons (Fsp3) is 0.500. The highest BCUT2D eigenvalue weighted by Gasteiger charge is 2.31. The van der Waals surface area contributed by atoms with Gasteiger partial charge in [0.05, 0.1) is 18.1 Å². The molecule has 0 amide bonds. The maximum Gasteiger partial charge on any atom is 0.327 e. The summed E-state index contributed by atoms with van der Waals surface area (Å²) in [5.74, 6) is -0.345. The molecular weight excluding hydrogens is 418 g/mol. The molecule has 1 aromatic heterocycles. The Labute approximate surface area is 182 Å². The van der Waals surface area contributed by atoms with Crippen LogP contribution >= 0.6 is 0 Å². The summed E-state index contributed by atoms with van der Waals surface area (Å²) in [5.41, 5.74) is 3.20. The molecule has 0 aliphatic heterocycles. The quantitative estimate of drug-likeness (QED) is 0.545. The van der Waals surface area contributed by atoms with Crippen LogP contribution in [0.5, 0.6) is 0 Å². The van der Waals surface area contributed by atoms with Crippen molar-refractivity contribution in [3.8, 4) is 11.3 Å². The summed E-state index contributed by atoms with van der Waals surface area (Å²) >= 11 is 0. The van der Waals surface area contributed by atoms with Crippen LogP contribution in [0.1, 0.15) is 37.8 Å². The SMILES string of the molecule is CCCCS(=O)(=O)N(C)C1Cc2ccc(-c3ccc(=O)n(CC(=O)OCC)n3)cc2C1. The number of fused-ring (bicyclic) bond motifs is 1. The van der Waals surface area contributed by atoms with Crippen LogP contribution in [-0.2, 0) is 38.9 Å². The smallest absolute Gasteiger partial charge is 0.327 e. The number of unbranched alkanes of at least 4 members (excludes halogenated alkanes) is 1. The zero-order valence-electron chi connectivity index (χ0n) is 18.2. The van der Waals surface area contributed by atoms with Crippen molar-refractivity contribution in [1.29, 1.82) is 0 Å². The molecule has 9 heteroatoms. The van der Waals surface area contributed by atoms with Crippen LogP contribution in [0.3, 0.4) is 0 Å². The minimum atomic E-state index is -3.27. The molecule has 8 nitrogen and oxygen atoms in total. The molecule has 0 fully saturated rings. The van der Waals surface area contributed by atoms with Crippen LogP contribution < -0.4 is 5.56 Å². The third kappa shape index (κ3) is 5.40. The molecule has 1 atom stereocenters. The van der Waals surface area contributed by atoms with Gasteiger partial charge in [-0.15, -0.1) is 0 Å². The van der Waals surface area contributed by atoms with Crippen LogP contribution in [-0.4, -0.2) is 53.9 Å². The van der Waals surface area contributed by atoms with E-state index in [4.69, 9.17) is 4.74 Å². The monoisotopic (exact) mass is 447 g/mol. The second kappa shape index (κ2) is 9.74. The van der Waals surface area contributed by atoms with E-state index >= 15 is 0 Å². The number of hydrogen-bond donors (Lipinski definition) is 0. The van der Waals surface area contributed by atoms with Crippen molar-refractivity contribution in [2.24, 2.45) is 0 Å². The molecule has 1 aromatic carbocycles. The number of sulfonamides is 1. The van der Waals surface area contributed by atoms with Crippen LogP contribution in [0.25, 0.3) is 11.3 Å². The van der Waals surface area contributed by atoms with Gasteiger partial charge in [0.2, 0.25) is 10.0 Å². The minimum absolute atomic E-state index is 0.0992. The Morgan fingerprint density at radius 3 is 2.65 bits per heavy atom. The van der Waals surface area contributed by atoms with Crippen LogP contribution in [0.2, 0.25) is 0 Å². The van der Waals surface area contributed by atoms with Crippen molar-refractivity contribution in [3.63, 3.8) is 0 Å². The first kappa shape index (κ1) is 23.1. The number of ether oxygens (including phenoxy) is 1. The summed E-state index contributed by atoms with van der Waals surface area (Å²) in [7, 11) is -1.61. The standard InChI is InChI=1S/C22H29N3O5S/c1-4-6-11-31(28,29)24(3)19-13-16-7-8-17(12-18(16)14-19)20-9-10-21(26)25(23-20)15-22(27)30-5-2/h7-10,12,19H,4-6,11,13-15H2,1-3H3. The van der Waals surface area contributed by atoms with E-state index in [0.29, 0.717) is 25.0 Å². The van der Waals surface area contributed by atoms with E-state index in [9.17, 15) is 18.0 Å². The van der Waals surface area contributed by atoms with Gasteiger partial charge in [0.15, 0.2) is 0 Å². The van der Waals surface area contributed by atoms with Gasteiger partial charge < -0.3 is 4.74 Å². The highest BCUT2D eigenvalue weighted by atomic mass is 32.2. The van der Waals surface area contributed by atoms with E-state index in [1.165, 1.54) is 10.4 Å². The lowest BCUT2D eigenvalue weighted by Gasteiger charge is -2.23. The third-order valence-corrected chi connectivity index (χ3v) is 7.55. The van der Waals surface area contributed by atoms with Crippen molar-refractivity contribution in [2.45, 2.75) is 52.1 Å². The zero-order chi connectivity index (χ0) is 22.6. The molecule has 0 radical (unpaired) electrons. The first-order valence-electron chi connectivity index (χ1n) is 10.6. The first-order valence-corrected chi connectivity index (χ1v) is 12.2. The lowest BCUT2D eigenvalue weighted by molar-refractivity contribution is -0.144. The van der Waals surface area contributed by atoms with Crippen LogP contribution in [0, 0.1) is 0 Å². The molecule has 168 valence electrons. The van der Waals surface area contributed by atoms with Gasteiger partial charge in [0.25, 0.3) is 5.56 Å². The Kier molecular flexibility index (Phi) is 7.27. The number of carbonyl (C=O) groups is 1. The van der Waals surface area contributed by atoms with E-state index in [2.05, 4.69) is 5.10 Å². The predicted octanol–water partition coefficient (Wildman–Crippen LogP) is 2.00. The number of likely N-dealkylation sites (N-methyl/N-ethyl adjacent to an activating group) is 1. The Morgan fingerprint density at radius 1 is 1.19 bits per heavy atom. The molecule has 1 unspecified atom stereocenters. The Bertz CT molecular complexity index is 1110. The van der Waals surface area contributed by atoms with Gasteiger partial charge in [-0.1, -0.05) is 25.5 Å². The minimum Gasteiger partial charge on any atom is -0.465 e. The second-order valence-electron chi connectivity index (χ2n) is 7.75. The predicted molar refractivity (Wildman–Crippen MR) is 118 cm³/mol. The molecule has 31 heavy (non-hydrogen) atoms. The van der Waals surface area contributed by atoms with Crippen LogP contribution in [0.15, 0.2) is 35.1 Å². The number of carbonyl (C=O) groups excluding carboxylic acids is 1. The molecule has 2 aromatic rings. The number of hydrogen-bond acceptors (Lipinski definition) is 6. The van der Waals surface area contributed by atoms with Gasteiger partial charge in [-0.25, -0.2) is 17.4 Å². The maximum atomic E-state index is 12.6. The average molecular weight is 448 g/mol. The molecule has 0 bridgehead atoms. The molecule has 0 spiro atoms. The number of rotatable bonds is 9. The summed E-state index contributed by atoms with van der Waals surface area (Å²) in [4.78, 5) is 23.8. The van der Waals surface area contributed by atoms with Crippen LogP contribution in [0.4, 0.5) is 0 Å². The third-order valence-electron chi connectivity index (χ3n) is 5.57. The van der Waals surface area contributed by atoms with Crippen molar-refractivity contribution in [3.05, 3.63) is 51.8 Å². The Balaban J connectivity index is 1.80. The molecule has 0 saturated heterocycles. The van der Waals surface area contributed by atoms with Gasteiger partial charge in [0, 0.05) is 24.7 Å². The maximum absolute atomic E-state index is 12.6. The molecule has 0 N–H and O–H groups in total. The number of nitrogens with zero attached hydrogens (tertiary/aromatic N) is 3. The van der Waals surface area contributed by atoms with Crippen molar-refractivity contribution in [1.82, 2.24) is 14.1 Å². The Morgan fingerprint density at radius 2 is 1.94 bits per heavy atom. The van der Waals surface area contributed by atoms with E-state index < -0.39 is 16.0 Å². The molecular formula is C22H29N3O5S. The summed E-state index contributed by atoms with van der Waals surface area (Å²) in [6, 6.07) is 8.79. The highest BCUT2D eigenvalue weighted by molar-refractivity contribution is 7.89. The lowest BCUT2D eigenvalue weighted by Crippen LogP contribution is -2.38. The van der Waals surface area contributed by atoms with E-state index in [-0.39, 0.29) is 30.5 Å². The average Bonchev–Trinajstić information content (AvgIpc) is 3.16. The zero-order valence-corrected chi connectivity index (χ0v) is 19.0. The molecule has 1 aliphatic carbocycles. The summed E-state index contributed by atoms with van der Waals surface area (Å²) < 4.78 is 32.6. The molecule has 0 saturated carbocycles. The van der Waals surface area contributed by atoms with Crippen molar-refractivity contribution in [2.75, 3.05) is 19.4 Å². The largest absolute Gasteiger partial charge is 0.465 e. The number of aromatic nitrogens is 2.